The van der Waals surface area contributed by atoms with Gasteiger partial charge in [0.05, 0.1) is 29.0 Å². The molecule has 8 heteroatoms. The Balaban J connectivity index is 1.58. The van der Waals surface area contributed by atoms with E-state index in [2.05, 4.69) is 45.1 Å². The lowest BCUT2D eigenvalue weighted by Crippen LogP contribution is -2.27. The number of anilines is 4. The number of pyridine rings is 2. The van der Waals surface area contributed by atoms with E-state index in [0.717, 1.165) is 40.7 Å². The van der Waals surface area contributed by atoms with E-state index in [1.165, 1.54) is 11.2 Å². The van der Waals surface area contributed by atoms with Crippen LogP contribution >= 0.6 is 11.8 Å². The number of benzene rings is 2. The first-order valence-corrected chi connectivity index (χ1v) is 13.8. The lowest BCUT2D eigenvalue weighted by Gasteiger charge is -2.33. The maximum Gasteiger partial charge on any atom is 0.175 e. The van der Waals surface area contributed by atoms with Crippen molar-refractivity contribution in [2.75, 3.05) is 28.4 Å². The number of hydrogen-bond acceptors (Lipinski definition) is 7. The summed E-state index contributed by atoms with van der Waals surface area (Å²) in [6.07, 6.45) is 6.57. The molecule has 0 radical (unpaired) electrons. The molecule has 3 heterocycles. The molecule has 6 nitrogen and oxygen atoms in total. The Morgan fingerprint density at radius 2 is 1.79 bits per heavy atom. The van der Waals surface area contributed by atoms with Gasteiger partial charge in [-0.05, 0) is 48.5 Å². The van der Waals surface area contributed by atoms with Crippen molar-refractivity contribution in [3.63, 3.8) is 0 Å². The van der Waals surface area contributed by atoms with E-state index in [4.69, 9.17) is 4.98 Å². The fraction of sp³-hybridized carbons (Fsp3) is 0.154. The van der Waals surface area contributed by atoms with Gasteiger partial charge >= 0.3 is 0 Å². The van der Waals surface area contributed by atoms with E-state index < -0.39 is 9.84 Å². The second-order valence-corrected chi connectivity index (χ2v) is 11.2. The topological polar surface area (TPSA) is 66.4 Å². The molecule has 2 aromatic carbocycles. The molecule has 4 aromatic rings. The van der Waals surface area contributed by atoms with Crippen molar-refractivity contribution in [3.8, 4) is 0 Å². The van der Waals surface area contributed by atoms with Gasteiger partial charge in [-0.1, -0.05) is 24.3 Å². The van der Waals surface area contributed by atoms with Crippen LogP contribution in [0.1, 0.15) is 5.56 Å². The molecule has 34 heavy (non-hydrogen) atoms. The van der Waals surface area contributed by atoms with Crippen molar-refractivity contribution in [1.29, 1.82) is 0 Å². The van der Waals surface area contributed by atoms with Crippen LogP contribution in [0, 0.1) is 0 Å². The summed E-state index contributed by atoms with van der Waals surface area (Å²) in [4.78, 5) is 15.0. The van der Waals surface area contributed by atoms with Crippen LogP contribution in [0.25, 0.3) is 0 Å². The zero-order chi connectivity index (χ0) is 23.5. The monoisotopic (exact) mass is 488 g/mol. The van der Waals surface area contributed by atoms with E-state index in [1.54, 1.807) is 30.6 Å². The van der Waals surface area contributed by atoms with Crippen LogP contribution in [0.15, 0.2) is 101 Å². The third-order valence-electron chi connectivity index (χ3n) is 5.70. The minimum absolute atomic E-state index is 0.285. The van der Waals surface area contributed by atoms with E-state index in [1.807, 2.05) is 42.2 Å². The van der Waals surface area contributed by atoms with Crippen LogP contribution in [0.3, 0.4) is 0 Å². The van der Waals surface area contributed by atoms with Gasteiger partial charge < -0.3 is 9.80 Å². The zero-order valence-corrected chi connectivity index (χ0v) is 20.3. The Hall–Kier alpha value is -3.36. The Kier molecular flexibility index (Phi) is 6.26. The largest absolute Gasteiger partial charge is 0.336 e. The van der Waals surface area contributed by atoms with Gasteiger partial charge in [0.15, 0.2) is 9.84 Å². The van der Waals surface area contributed by atoms with Crippen molar-refractivity contribution in [3.05, 3.63) is 97.0 Å². The number of rotatable bonds is 6. The molecule has 0 bridgehead atoms. The number of sulfone groups is 1. The van der Waals surface area contributed by atoms with Crippen LogP contribution in [-0.2, 0) is 16.4 Å². The molecule has 2 aromatic heterocycles. The predicted molar refractivity (Wildman–Crippen MR) is 138 cm³/mol. The van der Waals surface area contributed by atoms with E-state index in [9.17, 15) is 8.42 Å². The molecule has 1 aliphatic heterocycles. The highest BCUT2D eigenvalue weighted by atomic mass is 32.2. The number of fused-ring (bicyclic) bond motifs is 1. The summed E-state index contributed by atoms with van der Waals surface area (Å²) >= 11 is 1.86. The quantitative estimate of drug-likeness (QED) is 0.357. The molecule has 0 amide bonds. The summed E-state index contributed by atoms with van der Waals surface area (Å²) in [6, 6.07) is 23.3. The van der Waals surface area contributed by atoms with Crippen molar-refractivity contribution in [2.45, 2.75) is 16.3 Å². The van der Waals surface area contributed by atoms with E-state index >= 15 is 0 Å². The lowest BCUT2D eigenvalue weighted by molar-refractivity contribution is 0.602. The summed E-state index contributed by atoms with van der Waals surface area (Å²) < 4.78 is 24.5. The maximum absolute atomic E-state index is 12.2. The third kappa shape index (κ3) is 4.64. The summed E-state index contributed by atoms with van der Waals surface area (Å²) in [5, 5.41) is 0. The Labute approximate surface area is 204 Å². The number of para-hydroxylation sites is 1. The fourth-order valence-corrected chi connectivity index (χ4v) is 5.74. The highest BCUT2D eigenvalue weighted by molar-refractivity contribution is 7.99. The van der Waals surface area contributed by atoms with Gasteiger partial charge in [0.1, 0.15) is 5.82 Å². The molecule has 0 saturated carbocycles. The average Bonchev–Trinajstić information content (AvgIpc) is 2.87. The van der Waals surface area contributed by atoms with Gasteiger partial charge in [-0.15, -0.1) is 11.8 Å². The van der Waals surface area contributed by atoms with Gasteiger partial charge in [-0.3, -0.25) is 4.98 Å². The highest BCUT2D eigenvalue weighted by Crippen LogP contribution is 2.40. The summed E-state index contributed by atoms with van der Waals surface area (Å²) in [5.41, 5.74) is 3.85. The standard InChI is InChI=1S/C26H24N4O2S2/c1-34(31,32)23-10-4-8-21(17-23)30(22-9-6-13-27-18-22)19-20-7-5-14-28-26(20)29-15-16-33-25-12-3-2-11-24(25)29/h2-14,17-18H,15-16,19H2,1H3. The van der Waals surface area contributed by atoms with Crippen LogP contribution in [0.4, 0.5) is 22.9 Å². The first-order valence-electron chi connectivity index (χ1n) is 10.9. The second-order valence-electron chi connectivity index (χ2n) is 8.02. The zero-order valence-electron chi connectivity index (χ0n) is 18.7. The van der Waals surface area contributed by atoms with Gasteiger partial charge in [0.2, 0.25) is 0 Å². The minimum Gasteiger partial charge on any atom is -0.336 e. The SMILES string of the molecule is CS(=O)(=O)c1cccc(N(Cc2cccnc2N2CCSc3ccccc32)c2cccnc2)c1. The molecule has 0 fully saturated rings. The normalized spacial score (nSPS) is 13.4. The maximum atomic E-state index is 12.2. The first-order chi connectivity index (χ1) is 16.5. The molecule has 1 aliphatic rings. The molecule has 0 spiro atoms. The van der Waals surface area contributed by atoms with Crippen LogP contribution in [0.5, 0.6) is 0 Å². The van der Waals surface area contributed by atoms with Gasteiger partial charge in [-0.25, -0.2) is 13.4 Å². The second kappa shape index (κ2) is 9.48. The van der Waals surface area contributed by atoms with E-state index in [0.29, 0.717) is 6.54 Å². The number of hydrogen-bond donors (Lipinski definition) is 0. The molecule has 0 aliphatic carbocycles. The molecule has 0 unspecified atom stereocenters. The van der Waals surface area contributed by atoms with Crippen molar-refractivity contribution >= 4 is 44.5 Å². The Morgan fingerprint density at radius 1 is 0.971 bits per heavy atom. The third-order valence-corrected chi connectivity index (χ3v) is 7.85. The molecule has 0 saturated heterocycles. The average molecular weight is 489 g/mol. The molecular formula is C26H24N4O2S2. The van der Waals surface area contributed by atoms with Gasteiger partial charge in [-0.2, -0.15) is 0 Å². The highest BCUT2D eigenvalue weighted by Gasteiger charge is 2.23. The van der Waals surface area contributed by atoms with E-state index in [-0.39, 0.29) is 4.90 Å². The summed E-state index contributed by atoms with van der Waals surface area (Å²) in [7, 11) is -3.34. The van der Waals surface area contributed by atoms with Crippen molar-refractivity contribution < 1.29 is 8.42 Å². The fourth-order valence-electron chi connectivity index (χ4n) is 4.08. The Bertz CT molecular complexity index is 1410. The number of aromatic nitrogens is 2. The molecule has 172 valence electrons. The Morgan fingerprint density at radius 3 is 2.62 bits per heavy atom. The summed E-state index contributed by atoms with van der Waals surface area (Å²) in [5.74, 6) is 1.89. The molecule has 5 rings (SSSR count). The first kappa shape index (κ1) is 22.4. The van der Waals surface area contributed by atoms with Gasteiger partial charge in [0.25, 0.3) is 0 Å². The summed E-state index contributed by atoms with van der Waals surface area (Å²) in [6.45, 7) is 1.37. The van der Waals surface area contributed by atoms with Crippen molar-refractivity contribution in [1.82, 2.24) is 9.97 Å². The lowest BCUT2D eigenvalue weighted by atomic mass is 10.1. The molecule has 0 atom stereocenters. The van der Waals surface area contributed by atoms with Crippen LogP contribution in [0.2, 0.25) is 0 Å². The van der Waals surface area contributed by atoms with Crippen LogP contribution < -0.4 is 9.80 Å². The van der Waals surface area contributed by atoms with Crippen LogP contribution in [-0.4, -0.2) is 36.9 Å². The molecule has 0 N–H and O–H groups in total. The molecular weight excluding hydrogens is 464 g/mol. The number of nitrogens with zero attached hydrogens (tertiary/aromatic N) is 4. The van der Waals surface area contributed by atoms with Gasteiger partial charge in [0, 0.05) is 47.1 Å². The smallest absolute Gasteiger partial charge is 0.175 e. The predicted octanol–water partition coefficient (Wildman–Crippen LogP) is 5.46. The minimum atomic E-state index is -3.34. The van der Waals surface area contributed by atoms with Crippen molar-refractivity contribution in [2.24, 2.45) is 0 Å². The number of thioether (sulfide) groups is 1.